The molecule has 6 nitrogen and oxygen atoms in total. The first-order valence-corrected chi connectivity index (χ1v) is 15.3. The van der Waals surface area contributed by atoms with Gasteiger partial charge >= 0.3 is 0 Å². The number of ether oxygens (including phenoxy) is 2. The summed E-state index contributed by atoms with van der Waals surface area (Å²) in [6.07, 6.45) is 6.02. The van der Waals surface area contributed by atoms with Crippen molar-refractivity contribution in [1.82, 2.24) is 10.2 Å². The Kier molecular flexibility index (Phi) is 8.76. The van der Waals surface area contributed by atoms with E-state index in [4.69, 9.17) is 21.1 Å². The van der Waals surface area contributed by atoms with E-state index >= 15 is 0 Å². The molecule has 3 aromatic carbocycles. The van der Waals surface area contributed by atoms with Crippen LogP contribution >= 0.6 is 11.6 Å². The van der Waals surface area contributed by atoms with Crippen molar-refractivity contribution >= 4 is 34.0 Å². The second-order valence-corrected chi connectivity index (χ2v) is 12.0. The number of benzene rings is 3. The van der Waals surface area contributed by atoms with Crippen molar-refractivity contribution in [3.63, 3.8) is 0 Å². The number of carbonyl (C=O) groups is 1. The summed E-state index contributed by atoms with van der Waals surface area (Å²) in [5.74, 6) is 0.890. The third-order valence-electron chi connectivity index (χ3n) is 8.62. The molecule has 3 aliphatic heterocycles. The second-order valence-electron chi connectivity index (χ2n) is 11.6. The van der Waals surface area contributed by atoms with Gasteiger partial charge in [-0.2, -0.15) is 0 Å². The van der Waals surface area contributed by atoms with Crippen molar-refractivity contribution in [3.05, 3.63) is 71.2 Å². The molecule has 3 fully saturated rings. The Labute approximate surface area is 242 Å². The molecule has 0 saturated carbocycles. The van der Waals surface area contributed by atoms with Crippen LogP contribution in [-0.2, 0) is 16.0 Å². The number of amides is 1. The summed E-state index contributed by atoms with van der Waals surface area (Å²) in [7, 11) is 0. The molecule has 2 unspecified atom stereocenters. The van der Waals surface area contributed by atoms with E-state index in [2.05, 4.69) is 63.6 Å². The Morgan fingerprint density at radius 1 is 0.975 bits per heavy atom. The van der Waals surface area contributed by atoms with Crippen LogP contribution < -0.4 is 15.0 Å². The Morgan fingerprint density at radius 2 is 1.77 bits per heavy atom. The van der Waals surface area contributed by atoms with Gasteiger partial charge in [0.1, 0.15) is 11.9 Å². The van der Waals surface area contributed by atoms with Crippen LogP contribution in [0.1, 0.15) is 37.7 Å². The number of nitrogens with one attached hydrogen (secondary N) is 1. The Balaban J connectivity index is 1.09. The maximum absolute atomic E-state index is 13.5. The lowest BCUT2D eigenvalue weighted by Gasteiger charge is -2.27. The normalized spacial score (nSPS) is 21.1. The van der Waals surface area contributed by atoms with E-state index in [1.165, 1.54) is 29.3 Å². The van der Waals surface area contributed by atoms with E-state index in [-0.39, 0.29) is 24.0 Å². The van der Waals surface area contributed by atoms with Crippen molar-refractivity contribution < 1.29 is 14.3 Å². The number of hydrogen-bond donors (Lipinski definition) is 1. The van der Waals surface area contributed by atoms with E-state index in [1.54, 1.807) is 0 Å². The molecule has 3 aliphatic rings. The molecule has 0 aromatic heterocycles. The second kappa shape index (κ2) is 12.8. The van der Waals surface area contributed by atoms with Crippen LogP contribution in [0.2, 0.25) is 5.02 Å². The fraction of sp³-hybridized carbons (Fsp3) is 0.485. The summed E-state index contributed by atoms with van der Waals surface area (Å²) in [4.78, 5) is 18.4. The highest BCUT2D eigenvalue weighted by Crippen LogP contribution is 2.30. The SMILES string of the molecule is O=C(NC(Cc1ccc(OC2CCOCC2)c(Cl)c1)CN1CCCC1)C1CCN(c2ccc3ccccc3c2)C1. The third kappa shape index (κ3) is 6.73. The van der Waals surface area contributed by atoms with Crippen molar-refractivity contribution in [1.29, 1.82) is 0 Å². The van der Waals surface area contributed by atoms with Gasteiger partial charge in [0.05, 0.1) is 24.2 Å². The monoisotopic (exact) mass is 561 g/mol. The third-order valence-corrected chi connectivity index (χ3v) is 8.92. The smallest absolute Gasteiger partial charge is 0.225 e. The largest absolute Gasteiger partial charge is 0.489 e. The highest BCUT2D eigenvalue weighted by molar-refractivity contribution is 6.32. The fourth-order valence-electron chi connectivity index (χ4n) is 6.36. The van der Waals surface area contributed by atoms with Gasteiger partial charge in [0.15, 0.2) is 0 Å². The van der Waals surface area contributed by atoms with Gasteiger partial charge in [0.25, 0.3) is 0 Å². The molecule has 0 bridgehead atoms. The van der Waals surface area contributed by atoms with Gasteiger partial charge in [0, 0.05) is 44.2 Å². The van der Waals surface area contributed by atoms with Crippen LogP contribution in [0.5, 0.6) is 5.75 Å². The van der Waals surface area contributed by atoms with Crippen LogP contribution in [-0.4, -0.2) is 68.9 Å². The zero-order valence-electron chi connectivity index (χ0n) is 23.2. The molecule has 0 aliphatic carbocycles. The quantitative estimate of drug-likeness (QED) is 0.363. The van der Waals surface area contributed by atoms with E-state index in [1.807, 2.05) is 12.1 Å². The van der Waals surface area contributed by atoms with Gasteiger partial charge in [-0.15, -0.1) is 0 Å². The van der Waals surface area contributed by atoms with Crippen molar-refractivity contribution in [2.75, 3.05) is 50.8 Å². The summed E-state index contributed by atoms with van der Waals surface area (Å²) in [5, 5.41) is 6.56. The van der Waals surface area contributed by atoms with Gasteiger partial charge in [-0.05, 0) is 79.4 Å². The number of nitrogens with zero attached hydrogens (tertiary/aromatic N) is 2. The molecule has 3 aromatic rings. The number of hydrogen-bond acceptors (Lipinski definition) is 5. The molecule has 1 N–H and O–H groups in total. The molecule has 1 amide bonds. The molecule has 40 heavy (non-hydrogen) atoms. The molecular weight excluding hydrogens is 522 g/mol. The van der Waals surface area contributed by atoms with Gasteiger partial charge in [0.2, 0.25) is 5.91 Å². The zero-order chi connectivity index (χ0) is 27.3. The summed E-state index contributed by atoms with van der Waals surface area (Å²) in [5.41, 5.74) is 2.32. The number of anilines is 1. The fourth-order valence-corrected chi connectivity index (χ4v) is 6.61. The Hall–Kier alpha value is -2.80. The van der Waals surface area contributed by atoms with Gasteiger partial charge in [-0.1, -0.05) is 48.0 Å². The summed E-state index contributed by atoms with van der Waals surface area (Å²) < 4.78 is 11.6. The average molecular weight is 562 g/mol. The standard InChI is InChI=1S/C33H40ClN3O3/c34-31-20-24(7-10-32(31)40-30-12-17-39-18-13-30)19-28(23-36-14-3-4-15-36)35-33(38)27-11-16-37(22-27)29-9-8-25-5-1-2-6-26(25)21-29/h1-2,5-10,20-21,27-28,30H,3-4,11-19,22-23H2,(H,35,38). The first kappa shape index (κ1) is 27.4. The summed E-state index contributed by atoms with van der Waals surface area (Å²) in [6, 6.07) is 21.2. The molecule has 212 valence electrons. The van der Waals surface area contributed by atoms with Crippen molar-refractivity contribution in [2.45, 2.75) is 50.7 Å². The van der Waals surface area contributed by atoms with E-state index < -0.39 is 0 Å². The summed E-state index contributed by atoms with van der Waals surface area (Å²) >= 11 is 6.66. The average Bonchev–Trinajstić information content (AvgIpc) is 3.68. The van der Waals surface area contributed by atoms with E-state index in [0.717, 1.165) is 82.9 Å². The predicted molar refractivity (Wildman–Crippen MR) is 161 cm³/mol. The maximum atomic E-state index is 13.5. The highest BCUT2D eigenvalue weighted by Gasteiger charge is 2.30. The van der Waals surface area contributed by atoms with Gasteiger partial charge in [-0.25, -0.2) is 0 Å². The van der Waals surface area contributed by atoms with Crippen molar-refractivity contribution in [2.24, 2.45) is 5.92 Å². The molecule has 0 spiro atoms. The van der Waals surface area contributed by atoms with Gasteiger partial charge < -0.3 is 24.6 Å². The lowest BCUT2D eigenvalue weighted by Crippen LogP contribution is -2.46. The van der Waals surface area contributed by atoms with E-state index in [0.29, 0.717) is 5.02 Å². The van der Waals surface area contributed by atoms with Crippen LogP contribution in [0.15, 0.2) is 60.7 Å². The van der Waals surface area contributed by atoms with Gasteiger partial charge in [-0.3, -0.25) is 4.79 Å². The molecule has 6 rings (SSSR count). The molecule has 0 radical (unpaired) electrons. The highest BCUT2D eigenvalue weighted by atomic mass is 35.5. The first-order chi connectivity index (χ1) is 19.6. The topological polar surface area (TPSA) is 54.0 Å². The first-order valence-electron chi connectivity index (χ1n) is 14.9. The lowest BCUT2D eigenvalue weighted by molar-refractivity contribution is -0.125. The summed E-state index contributed by atoms with van der Waals surface area (Å²) in [6.45, 7) is 6.19. The van der Waals surface area contributed by atoms with Crippen LogP contribution in [0, 0.1) is 5.92 Å². The Morgan fingerprint density at radius 3 is 2.58 bits per heavy atom. The minimum absolute atomic E-state index is 0.00798. The Bertz CT molecular complexity index is 1310. The predicted octanol–water partition coefficient (Wildman–Crippen LogP) is 5.70. The molecule has 2 atom stereocenters. The van der Waals surface area contributed by atoms with E-state index in [9.17, 15) is 4.79 Å². The molecule has 3 saturated heterocycles. The number of halogens is 1. The zero-order valence-corrected chi connectivity index (χ0v) is 24.0. The van der Waals surface area contributed by atoms with Crippen molar-refractivity contribution in [3.8, 4) is 5.75 Å². The number of fused-ring (bicyclic) bond motifs is 1. The van der Waals surface area contributed by atoms with Crippen LogP contribution in [0.3, 0.4) is 0 Å². The minimum atomic E-state index is -0.00798. The number of rotatable bonds is 9. The maximum Gasteiger partial charge on any atom is 0.225 e. The minimum Gasteiger partial charge on any atom is -0.489 e. The number of likely N-dealkylation sites (tertiary alicyclic amines) is 1. The molecule has 3 heterocycles. The number of carbonyl (C=O) groups excluding carboxylic acids is 1. The van der Waals surface area contributed by atoms with Crippen LogP contribution in [0.4, 0.5) is 5.69 Å². The lowest BCUT2D eigenvalue weighted by atomic mass is 10.0. The molecule has 7 heteroatoms. The molecular formula is C33H40ClN3O3. The van der Waals surface area contributed by atoms with Crippen LogP contribution in [0.25, 0.3) is 10.8 Å².